The van der Waals surface area contributed by atoms with E-state index in [2.05, 4.69) is 10.4 Å². The van der Waals surface area contributed by atoms with Gasteiger partial charge in [0.15, 0.2) is 0 Å². The highest BCUT2D eigenvalue weighted by atomic mass is 35.5. The topological polar surface area (TPSA) is 51.9 Å². The molecule has 0 bridgehead atoms. The van der Waals surface area contributed by atoms with Crippen LogP contribution < -0.4 is 5.32 Å². The Hall–Kier alpha value is -3.05. The van der Waals surface area contributed by atoms with Crippen molar-refractivity contribution in [2.45, 2.75) is 13.1 Å². The fourth-order valence-electron chi connectivity index (χ4n) is 3.21. The molecule has 0 radical (unpaired) electrons. The van der Waals surface area contributed by atoms with Gasteiger partial charge in [-0.1, -0.05) is 54.1 Å². The SMILES string of the molecule is Cn1c(C(=O)NCc2ccc(Cn3cccn3)cc2)c(Cl)c2ccccc21. The molecule has 5 nitrogen and oxygen atoms in total. The number of carbonyl (C=O) groups excluding carboxylic acids is 1. The minimum absolute atomic E-state index is 0.181. The van der Waals surface area contributed by atoms with E-state index in [9.17, 15) is 4.79 Å². The molecule has 0 saturated heterocycles. The van der Waals surface area contributed by atoms with Crippen molar-refractivity contribution in [3.8, 4) is 0 Å². The van der Waals surface area contributed by atoms with Crippen molar-refractivity contribution in [2.24, 2.45) is 7.05 Å². The van der Waals surface area contributed by atoms with Crippen LogP contribution in [0.2, 0.25) is 5.02 Å². The largest absolute Gasteiger partial charge is 0.347 e. The lowest BCUT2D eigenvalue weighted by atomic mass is 10.1. The summed E-state index contributed by atoms with van der Waals surface area (Å²) >= 11 is 6.44. The highest BCUT2D eigenvalue weighted by molar-refractivity contribution is 6.38. The average Bonchev–Trinajstić information content (AvgIpc) is 3.28. The lowest BCUT2D eigenvalue weighted by Crippen LogP contribution is -2.25. The van der Waals surface area contributed by atoms with Crippen molar-refractivity contribution < 1.29 is 4.79 Å². The first kappa shape index (κ1) is 17.4. The van der Waals surface area contributed by atoms with Crippen LogP contribution in [0, 0.1) is 0 Å². The molecule has 2 aromatic heterocycles. The van der Waals surface area contributed by atoms with Gasteiger partial charge in [-0.3, -0.25) is 9.48 Å². The zero-order valence-corrected chi connectivity index (χ0v) is 15.6. The highest BCUT2D eigenvalue weighted by Crippen LogP contribution is 2.29. The predicted octanol–water partition coefficient (Wildman–Crippen LogP) is 4.01. The molecule has 27 heavy (non-hydrogen) atoms. The van der Waals surface area contributed by atoms with Gasteiger partial charge in [-0.15, -0.1) is 0 Å². The summed E-state index contributed by atoms with van der Waals surface area (Å²) in [6, 6.07) is 17.8. The molecule has 0 aliphatic rings. The lowest BCUT2D eigenvalue weighted by molar-refractivity contribution is 0.0943. The number of amides is 1. The van der Waals surface area contributed by atoms with Gasteiger partial charge in [0.05, 0.1) is 11.6 Å². The number of aryl methyl sites for hydroxylation is 1. The van der Waals surface area contributed by atoms with Crippen LogP contribution in [-0.2, 0) is 20.1 Å². The monoisotopic (exact) mass is 378 g/mol. The van der Waals surface area contributed by atoms with Gasteiger partial charge in [0, 0.05) is 36.9 Å². The van der Waals surface area contributed by atoms with E-state index in [0.29, 0.717) is 17.3 Å². The number of halogens is 1. The van der Waals surface area contributed by atoms with Gasteiger partial charge in [0.25, 0.3) is 5.91 Å². The molecule has 0 atom stereocenters. The van der Waals surface area contributed by atoms with Crippen molar-refractivity contribution in [3.05, 3.63) is 88.8 Å². The van der Waals surface area contributed by atoms with E-state index in [4.69, 9.17) is 11.6 Å². The first-order valence-electron chi connectivity index (χ1n) is 8.70. The summed E-state index contributed by atoms with van der Waals surface area (Å²) in [5.41, 5.74) is 3.61. The van der Waals surface area contributed by atoms with Crippen LogP contribution in [0.1, 0.15) is 21.6 Å². The van der Waals surface area contributed by atoms with Crippen molar-refractivity contribution in [1.82, 2.24) is 19.7 Å². The molecule has 0 aliphatic carbocycles. The van der Waals surface area contributed by atoms with Gasteiger partial charge in [-0.2, -0.15) is 5.10 Å². The van der Waals surface area contributed by atoms with Gasteiger partial charge in [0.1, 0.15) is 5.69 Å². The van der Waals surface area contributed by atoms with E-state index in [0.717, 1.165) is 28.6 Å². The molecule has 1 amide bonds. The Morgan fingerprint density at radius 3 is 2.52 bits per heavy atom. The van der Waals surface area contributed by atoms with Gasteiger partial charge in [-0.25, -0.2) is 0 Å². The number of carbonyl (C=O) groups is 1. The third-order valence-corrected chi connectivity index (χ3v) is 5.02. The maximum absolute atomic E-state index is 12.7. The number of nitrogens with one attached hydrogen (secondary N) is 1. The Balaban J connectivity index is 1.45. The van der Waals surface area contributed by atoms with Gasteiger partial charge >= 0.3 is 0 Å². The third kappa shape index (κ3) is 3.46. The number of rotatable bonds is 5. The summed E-state index contributed by atoms with van der Waals surface area (Å²) in [5, 5.41) is 8.54. The van der Waals surface area contributed by atoms with E-state index in [1.165, 1.54) is 0 Å². The minimum Gasteiger partial charge on any atom is -0.347 e. The average molecular weight is 379 g/mol. The molecule has 136 valence electrons. The molecular weight excluding hydrogens is 360 g/mol. The van der Waals surface area contributed by atoms with Crippen LogP contribution in [0.4, 0.5) is 0 Å². The van der Waals surface area contributed by atoms with Crippen LogP contribution in [-0.4, -0.2) is 20.3 Å². The van der Waals surface area contributed by atoms with Crippen molar-refractivity contribution >= 4 is 28.4 Å². The molecule has 2 aromatic carbocycles. The van der Waals surface area contributed by atoms with Crippen LogP contribution in [0.15, 0.2) is 67.0 Å². The number of para-hydroxylation sites is 1. The van der Waals surface area contributed by atoms with Crippen molar-refractivity contribution in [2.75, 3.05) is 0 Å². The zero-order valence-electron chi connectivity index (χ0n) is 14.9. The second-order valence-electron chi connectivity index (χ2n) is 6.44. The summed E-state index contributed by atoms with van der Waals surface area (Å²) in [4.78, 5) is 12.7. The molecule has 0 spiro atoms. The number of benzene rings is 2. The number of nitrogens with zero attached hydrogens (tertiary/aromatic N) is 3. The zero-order chi connectivity index (χ0) is 18.8. The van der Waals surface area contributed by atoms with Gasteiger partial charge in [0.2, 0.25) is 0 Å². The van der Waals surface area contributed by atoms with E-state index in [1.54, 1.807) is 6.20 Å². The highest BCUT2D eigenvalue weighted by Gasteiger charge is 2.19. The third-order valence-electron chi connectivity index (χ3n) is 4.64. The molecule has 6 heteroatoms. The standard InChI is InChI=1S/C21H19ClN4O/c1-25-18-6-3-2-5-17(18)19(22)20(25)21(27)23-13-15-7-9-16(10-8-15)14-26-12-4-11-24-26/h2-12H,13-14H2,1H3,(H,23,27). The van der Waals surface area contributed by atoms with E-state index >= 15 is 0 Å². The Morgan fingerprint density at radius 2 is 1.81 bits per heavy atom. The fourth-order valence-corrected chi connectivity index (χ4v) is 3.58. The van der Waals surface area contributed by atoms with Crippen LogP contribution in [0.25, 0.3) is 10.9 Å². The molecule has 0 saturated carbocycles. The molecule has 4 aromatic rings. The maximum atomic E-state index is 12.7. The first-order chi connectivity index (χ1) is 13.1. The Labute approximate surface area is 162 Å². The molecule has 2 heterocycles. The summed E-state index contributed by atoms with van der Waals surface area (Å²) in [7, 11) is 1.85. The van der Waals surface area contributed by atoms with E-state index < -0.39 is 0 Å². The summed E-state index contributed by atoms with van der Waals surface area (Å²) in [6.07, 6.45) is 3.70. The molecule has 0 fully saturated rings. The summed E-state index contributed by atoms with van der Waals surface area (Å²) < 4.78 is 3.71. The summed E-state index contributed by atoms with van der Waals surface area (Å²) in [6.45, 7) is 1.17. The number of hydrogen-bond donors (Lipinski definition) is 1. The van der Waals surface area contributed by atoms with Gasteiger partial charge < -0.3 is 9.88 Å². The Morgan fingerprint density at radius 1 is 1.07 bits per heavy atom. The molecule has 1 N–H and O–H groups in total. The summed E-state index contributed by atoms with van der Waals surface area (Å²) in [5.74, 6) is -0.181. The Bertz CT molecular complexity index is 1040. The normalized spacial score (nSPS) is 11.0. The lowest BCUT2D eigenvalue weighted by Gasteiger charge is -2.08. The molecule has 4 rings (SSSR count). The van der Waals surface area contributed by atoms with Crippen molar-refractivity contribution in [1.29, 1.82) is 0 Å². The molecule has 0 aliphatic heterocycles. The minimum atomic E-state index is -0.181. The van der Waals surface area contributed by atoms with E-state index in [-0.39, 0.29) is 5.91 Å². The number of aromatic nitrogens is 3. The second kappa shape index (κ2) is 7.29. The fraction of sp³-hybridized carbons (Fsp3) is 0.143. The smallest absolute Gasteiger partial charge is 0.269 e. The number of hydrogen-bond acceptors (Lipinski definition) is 2. The quantitative estimate of drug-likeness (QED) is 0.570. The van der Waals surface area contributed by atoms with Gasteiger partial charge in [-0.05, 0) is 23.3 Å². The maximum Gasteiger partial charge on any atom is 0.269 e. The molecular formula is C21H19ClN4O. The first-order valence-corrected chi connectivity index (χ1v) is 9.07. The second-order valence-corrected chi connectivity index (χ2v) is 6.82. The predicted molar refractivity (Wildman–Crippen MR) is 107 cm³/mol. The van der Waals surface area contributed by atoms with Crippen LogP contribution in [0.3, 0.4) is 0 Å². The molecule has 0 unspecified atom stereocenters. The van der Waals surface area contributed by atoms with Crippen LogP contribution >= 0.6 is 11.6 Å². The number of fused-ring (bicyclic) bond motifs is 1. The van der Waals surface area contributed by atoms with E-state index in [1.807, 2.05) is 77.1 Å². The van der Waals surface area contributed by atoms with Crippen LogP contribution in [0.5, 0.6) is 0 Å². The van der Waals surface area contributed by atoms with Crippen molar-refractivity contribution in [3.63, 3.8) is 0 Å². The Kier molecular flexibility index (Phi) is 4.69.